The van der Waals surface area contributed by atoms with Crippen LogP contribution in [0.1, 0.15) is 18.9 Å². The number of anilines is 1. The second kappa shape index (κ2) is 6.96. The van der Waals surface area contributed by atoms with Crippen LogP contribution in [0.3, 0.4) is 0 Å². The zero-order chi connectivity index (χ0) is 14.3. The van der Waals surface area contributed by atoms with Gasteiger partial charge in [-0.3, -0.25) is 14.9 Å². The molecule has 0 fully saturated rings. The average molecular weight is 262 g/mol. The van der Waals surface area contributed by atoms with Gasteiger partial charge in [-0.25, -0.2) is 0 Å². The van der Waals surface area contributed by atoms with E-state index in [0.717, 1.165) is 6.42 Å². The van der Waals surface area contributed by atoms with Crippen LogP contribution in [0, 0.1) is 21.4 Å². The van der Waals surface area contributed by atoms with Crippen molar-refractivity contribution in [1.82, 2.24) is 5.32 Å². The van der Waals surface area contributed by atoms with Crippen molar-refractivity contribution in [3.8, 4) is 6.07 Å². The summed E-state index contributed by atoms with van der Waals surface area (Å²) in [6.07, 6.45) is 0.815. The number of nitriles is 1. The number of carbonyl (C=O) groups is 1. The van der Waals surface area contributed by atoms with Crippen LogP contribution in [0.5, 0.6) is 0 Å². The lowest BCUT2D eigenvalue weighted by atomic mass is 10.1. The first kappa shape index (κ1) is 14.4. The molecular formula is C12H14N4O3. The fourth-order valence-electron chi connectivity index (χ4n) is 1.48. The number of hydrogen-bond acceptors (Lipinski definition) is 5. The Hall–Kier alpha value is -2.62. The predicted octanol–water partition coefficient (Wildman–Crippen LogP) is 1.40. The molecule has 19 heavy (non-hydrogen) atoms. The Morgan fingerprint density at radius 2 is 2.26 bits per heavy atom. The molecule has 7 nitrogen and oxygen atoms in total. The van der Waals surface area contributed by atoms with Gasteiger partial charge in [0, 0.05) is 6.54 Å². The molecule has 1 rings (SSSR count). The van der Waals surface area contributed by atoms with Crippen LogP contribution in [-0.4, -0.2) is 23.9 Å². The molecule has 0 aliphatic rings. The lowest BCUT2D eigenvalue weighted by Crippen LogP contribution is -2.30. The summed E-state index contributed by atoms with van der Waals surface area (Å²) >= 11 is 0. The molecule has 0 saturated carbocycles. The molecule has 0 atom stereocenters. The summed E-state index contributed by atoms with van der Waals surface area (Å²) in [6.45, 7) is 2.41. The summed E-state index contributed by atoms with van der Waals surface area (Å²) in [4.78, 5) is 21.7. The number of nitro benzene ring substituents is 1. The van der Waals surface area contributed by atoms with Gasteiger partial charge in [-0.2, -0.15) is 5.26 Å². The lowest BCUT2D eigenvalue weighted by Gasteiger charge is -2.08. The van der Waals surface area contributed by atoms with E-state index >= 15 is 0 Å². The minimum atomic E-state index is -0.634. The molecule has 1 aromatic rings. The third kappa shape index (κ3) is 3.96. The highest BCUT2D eigenvalue weighted by Gasteiger charge is 2.19. The fourth-order valence-corrected chi connectivity index (χ4v) is 1.48. The maximum absolute atomic E-state index is 11.4. The predicted molar refractivity (Wildman–Crippen MR) is 69.6 cm³/mol. The second-order valence-electron chi connectivity index (χ2n) is 3.77. The fraction of sp³-hybridized carbons (Fsp3) is 0.333. The molecular weight excluding hydrogens is 248 g/mol. The summed E-state index contributed by atoms with van der Waals surface area (Å²) in [5, 5.41) is 25.1. The molecule has 0 unspecified atom stereocenters. The van der Waals surface area contributed by atoms with Gasteiger partial charge in [0.05, 0.1) is 11.5 Å². The molecule has 0 radical (unpaired) electrons. The van der Waals surface area contributed by atoms with E-state index in [0.29, 0.717) is 6.54 Å². The Kier molecular flexibility index (Phi) is 5.29. The van der Waals surface area contributed by atoms with Gasteiger partial charge < -0.3 is 10.6 Å². The van der Waals surface area contributed by atoms with E-state index in [2.05, 4.69) is 10.6 Å². The second-order valence-corrected chi connectivity index (χ2v) is 3.77. The van der Waals surface area contributed by atoms with Crippen molar-refractivity contribution < 1.29 is 9.72 Å². The Labute approximate surface area is 110 Å². The van der Waals surface area contributed by atoms with Crippen LogP contribution < -0.4 is 10.6 Å². The van der Waals surface area contributed by atoms with Gasteiger partial charge in [-0.1, -0.05) is 13.0 Å². The molecule has 0 bridgehead atoms. The molecule has 100 valence electrons. The van der Waals surface area contributed by atoms with Crippen LogP contribution in [0.25, 0.3) is 0 Å². The summed E-state index contributed by atoms with van der Waals surface area (Å²) in [6, 6.07) is 6.11. The van der Waals surface area contributed by atoms with Crippen LogP contribution in [0.4, 0.5) is 11.4 Å². The summed E-state index contributed by atoms with van der Waals surface area (Å²) in [5.41, 5.74) is -0.187. The first-order valence-corrected chi connectivity index (χ1v) is 5.78. The zero-order valence-corrected chi connectivity index (χ0v) is 10.5. The van der Waals surface area contributed by atoms with E-state index in [1.54, 1.807) is 6.07 Å². The molecule has 1 aromatic carbocycles. The first-order valence-electron chi connectivity index (χ1n) is 5.78. The van der Waals surface area contributed by atoms with Crippen molar-refractivity contribution in [2.45, 2.75) is 13.3 Å². The number of amides is 1. The van der Waals surface area contributed by atoms with Crippen molar-refractivity contribution in [1.29, 1.82) is 5.26 Å². The van der Waals surface area contributed by atoms with Gasteiger partial charge in [-0.15, -0.1) is 0 Å². The van der Waals surface area contributed by atoms with Crippen LogP contribution >= 0.6 is 0 Å². The van der Waals surface area contributed by atoms with Gasteiger partial charge in [0.2, 0.25) is 5.91 Å². The molecule has 2 N–H and O–H groups in total. The zero-order valence-electron chi connectivity index (χ0n) is 10.5. The monoisotopic (exact) mass is 262 g/mol. The summed E-state index contributed by atoms with van der Waals surface area (Å²) < 4.78 is 0. The van der Waals surface area contributed by atoms with Crippen molar-refractivity contribution >= 4 is 17.3 Å². The highest BCUT2D eigenvalue weighted by Crippen LogP contribution is 2.27. The molecule has 0 saturated heterocycles. The van der Waals surface area contributed by atoms with Crippen molar-refractivity contribution in [2.24, 2.45) is 0 Å². The standard InChI is InChI=1S/C12H14N4O3/c1-2-6-14-11(17)8-15-10-5-3-4-9(7-13)12(10)16(18)19/h3-5,15H,2,6,8H2,1H3,(H,14,17). The number of carbonyl (C=O) groups excluding carboxylic acids is 1. The highest BCUT2D eigenvalue weighted by molar-refractivity contribution is 5.82. The molecule has 0 spiro atoms. The van der Waals surface area contributed by atoms with Crippen molar-refractivity contribution in [3.05, 3.63) is 33.9 Å². The maximum Gasteiger partial charge on any atom is 0.309 e. The van der Waals surface area contributed by atoms with E-state index < -0.39 is 4.92 Å². The number of rotatable bonds is 6. The first-order chi connectivity index (χ1) is 9.10. The molecule has 0 heterocycles. The molecule has 0 aliphatic carbocycles. The van der Waals surface area contributed by atoms with Gasteiger partial charge in [0.1, 0.15) is 17.3 Å². The van der Waals surface area contributed by atoms with E-state index in [-0.39, 0.29) is 29.4 Å². The van der Waals surface area contributed by atoms with Crippen LogP contribution in [-0.2, 0) is 4.79 Å². The van der Waals surface area contributed by atoms with Gasteiger partial charge in [-0.05, 0) is 18.6 Å². The Morgan fingerprint density at radius 1 is 1.53 bits per heavy atom. The third-order valence-electron chi connectivity index (χ3n) is 2.35. The molecule has 1 amide bonds. The van der Waals surface area contributed by atoms with E-state index in [9.17, 15) is 14.9 Å². The van der Waals surface area contributed by atoms with Crippen molar-refractivity contribution in [2.75, 3.05) is 18.4 Å². The molecule has 7 heteroatoms. The quantitative estimate of drug-likeness (QED) is 0.595. The normalized spacial score (nSPS) is 9.47. The SMILES string of the molecule is CCCNC(=O)CNc1cccc(C#N)c1[N+](=O)[O-]. The third-order valence-corrected chi connectivity index (χ3v) is 2.35. The summed E-state index contributed by atoms with van der Waals surface area (Å²) in [7, 11) is 0. The van der Waals surface area contributed by atoms with E-state index in [1.807, 2.05) is 6.92 Å². The number of nitrogens with zero attached hydrogens (tertiary/aromatic N) is 2. The number of benzene rings is 1. The van der Waals surface area contributed by atoms with Crippen LogP contribution in [0.15, 0.2) is 18.2 Å². The van der Waals surface area contributed by atoms with Crippen molar-refractivity contribution in [3.63, 3.8) is 0 Å². The Morgan fingerprint density at radius 3 is 2.84 bits per heavy atom. The average Bonchev–Trinajstić information content (AvgIpc) is 2.41. The smallest absolute Gasteiger partial charge is 0.309 e. The number of hydrogen-bond donors (Lipinski definition) is 2. The number of nitrogens with one attached hydrogen (secondary N) is 2. The van der Waals surface area contributed by atoms with Crippen LogP contribution in [0.2, 0.25) is 0 Å². The topological polar surface area (TPSA) is 108 Å². The van der Waals surface area contributed by atoms with E-state index in [4.69, 9.17) is 5.26 Å². The summed E-state index contributed by atoms with van der Waals surface area (Å²) in [5.74, 6) is -0.251. The Balaban J connectivity index is 2.82. The molecule has 0 aliphatic heterocycles. The number of para-hydroxylation sites is 1. The Bertz CT molecular complexity index is 522. The highest BCUT2D eigenvalue weighted by atomic mass is 16.6. The van der Waals surface area contributed by atoms with Gasteiger partial charge >= 0.3 is 5.69 Å². The lowest BCUT2D eigenvalue weighted by molar-refractivity contribution is -0.384. The maximum atomic E-state index is 11.4. The number of nitro groups is 1. The largest absolute Gasteiger partial charge is 0.371 e. The van der Waals surface area contributed by atoms with Gasteiger partial charge in [0.15, 0.2) is 0 Å². The molecule has 0 aromatic heterocycles. The van der Waals surface area contributed by atoms with Gasteiger partial charge in [0.25, 0.3) is 0 Å². The minimum absolute atomic E-state index is 0.0380. The minimum Gasteiger partial charge on any atom is -0.371 e. The van der Waals surface area contributed by atoms with E-state index in [1.165, 1.54) is 18.2 Å².